The van der Waals surface area contributed by atoms with E-state index >= 15 is 0 Å². The maximum Gasteiger partial charge on any atom is 0.320 e. The fourth-order valence-electron chi connectivity index (χ4n) is 2.31. The maximum atomic E-state index is 11.9. The molecule has 0 aliphatic carbocycles. The van der Waals surface area contributed by atoms with Gasteiger partial charge < -0.3 is 14.9 Å². The van der Waals surface area contributed by atoms with Crippen molar-refractivity contribution in [3.05, 3.63) is 35.4 Å². The van der Waals surface area contributed by atoms with Gasteiger partial charge in [0.05, 0.1) is 12.6 Å². The van der Waals surface area contributed by atoms with E-state index < -0.39 is 0 Å². The lowest BCUT2D eigenvalue weighted by atomic mass is 10.0. The molecule has 1 aromatic carbocycles. The van der Waals surface area contributed by atoms with E-state index in [1.54, 1.807) is 16.8 Å². The third-order valence-corrected chi connectivity index (χ3v) is 3.16. The zero-order chi connectivity index (χ0) is 12.4. The number of aryl methyl sites for hydroxylation is 1. The average molecular weight is 234 g/mol. The molecule has 0 aromatic heterocycles. The van der Waals surface area contributed by atoms with Gasteiger partial charge in [0.25, 0.3) is 0 Å². The number of carbonyl (C=O) groups is 1. The van der Waals surface area contributed by atoms with Gasteiger partial charge >= 0.3 is 6.03 Å². The van der Waals surface area contributed by atoms with Gasteiger partial charge in [0, 0.05) is 20.1 Å². The maximum absolute atomic E-state index is 11.9. The van der Waals surface area contributed by atoms with Gasteiger partial charge in [-0.2, -0.15) is 0 Å². The Labute approximate surface area is 101 Å². The van der Waals surface area contributed by atoms with Crippen LogP contribution >= 0.6 is 0 Å². The summed E-state index contributed by atoms with van der Waals surface area (Å²) in [4.78, 5) is 15.3. The van der Waals surface area contributed by atoms with Gasteiger partial charge in [0.15, 0.2) is 0 Å². The SMILES string of the molecule is Cc1cccc(C2CN(C)C(=O)N2CCO)c1. The standard InChI is InChI=1S/C13H18N2O2/c1-10-4-3-5-11(8-10)12-9-14(2)13(17)15(12)6-7-16/h3-5,8,12,16H,6-7,9H2,1-2H3. The highest BCUT2D eigenvalue weighted by Crippen LogP contribution is 2.28. The van der Waals surface area contributed by atoms with Gasteiger partial charge in [-0.05, 0) is 12.5 Å². The van der Waals surface area contributed by atoms with Crippen molar-refractivity contribution in [2.45, 2.75) is 13.0 Å². The first-order valence-corrected chi connectivity index (χ1v) is 5.82. The summed E-state index contributed by atoms with van der Waals surface area (Å²) < 4.78 is 0. The molecule has 2 rings (SSSR count). The number of urea groups is 1. The summed E-state index contributed by atoms with van der Waals surface area (Å²) in [6.45, 7) is 3.12. The number of amides is 2. The van der Waals surface area contributed by atoms with E-state index in [0.29, 0.717) is 13.1 Å². The van der Waals surface area contributed by atoms with Gasteiger partial charge in [-0.25, -0.2) is 4.79 Å². The van der Waals surface area contributed by atoms with Crippen molar-refractivity contribution in [3.63, 3.8) is 0 Å². The van der Waals surface area contributed by atoms with Crippen LogP contribution in [0.4, 0.5) is 4.79 Å². The lowest BCUT2D eigenvalue weighted by Gasteiger charge is -2.22. The van der Waals surface area contributed by atoms with Crippen LogP contribution in [0.3, 0.4) is 0 Å². The van der Waals surface area contributed by atoms with Crippen molar-refractivity contribution in [2.24, 2.45) is 0 Å². The molecule has 0 saturated carbocycles. The number of aliphatic hydroxyl groups is 1. The molecule has 1 unspecified atom stereocenters. The van der Waals surface area contributed by atoms with Crippen LogP contribution in [0.5, 0.6) is 0 Å². The van der Waals surface area contributed by atoms with Crippen molar-refractivity contribution >= 4 is 6.03 Å². The monoisotopic (exact) mass is 234 g/mol. The molecule has 1 heterocycles. The first-order valence-electron chi connectivity index (χ1n) is 5.82. The molecule has 17 heavy (non-hydrogen) atoms. The molecule has 4 nitrogen and oxygen atoms in total. The second-order valence-electron chi connectivity index (χ2n) is 4.51. The minimum atomic E-state index is -0.00874. The Morgan fingerprint density at radius 2 is 2.24 bits per heavy atom. The zero-order valence-corrected chi connectivity index (χ0v) is 10.3. The van der Waals surface area contributed by atoms with Crippen LogP contribution in [0.1, 0.15) is 17.2 Å². The van der Waals surface area contributed by atoms with Crippen LogP contribution < -0.4 is 0 Å². The zero-order valence-electron chi connectivity index (χ0n) is 10.3. The highest BCUT2D eigenvalue weighted by Gasteiger charge is 2.35. The molecule has 0 spiro atoms. The summed E-state index contributed by atoms with van der Waals surface area (Å²) in [5.74, 6) is 0. The molecule has 1 saturated heterocycles. The second-order valence-corrected chi connectivity index (χ2v) is 4.51. The molecule has 92 valence electrons. The number of hydrogen-bond acceptors (Lipinski definition) is 2. The van der Waals surface area contributed by atoms with Gasteiger partial charge in [-0.15, -0.1) is 0 Å². The van der Waals surface area contributed by atoms with E-state index in [-0.39, 0.29) is 18.7 Å². The van der Waals surface area contributed by atoms with E-state index in [4.69, 9.17) is 5.11 Å². The third kappa shape index (κ3) is 2.26. The van der Waals surface area contributed by atoms with Crippen molar-refractivity contribution in [2.75, 3.05) is 26.7 Å². The molecule has 2 amide bonds. The van der Waals surface area contributed by atoms with Crippen molar-refractivity contribution in [3.8, 4) is 0 Å². The smallest absolute Gasteiger partial charge is 0.320 e. The van der Waals surface area contributed by atoms with Crippen LogP contribution in [0, 0.1) is 6.92 Å². The molecule has 1 fully saturated rings. The van der Waals surface area contributed by atoms with Crippen LogP contribution in [0.2, 0.25) is 0 Å². The van der Waals surface area contributed by atoms with Crippen molar-refractivity contribution < 1.29 is 9.90 Å². The number of aliphatic hydroxyl groups excluding tert-OH is 1. The fraction of sp³-hybridized carbons (Fsp3) is 0.462. The summed E-state index contributed by atoms with van der Waals surface area (Å²) in [5.41, 5.74) is 2.32. The highest BCUT2D eigenvalue weighted by atomic mass is 16.3. The minimum Gasteiger partial charge on any atom is -0.395 e. The van der Waals surface area contributed by atoms with E-state index in [1.807, 2.05) is 25.1 Å². The average Bonchev–Trinajstić information content (AvgIpc) is 2.58. The van der Waals surface area contributed by atoms with Crippen molar-refractivity contribution in [1.82, 2.24) is 9.80 Å². The molecule has 1 N–H and O–H groups in total. The predicted molar refractivity (Wildman–Crippen MR) is 65.7 cm³/mol. The summed E-state index contributed by atoms with van der Waals surface area (Å²) in [6, 6.07) is 8.23. The summed E-state index contributed by atoms with van der Waals surface area (Å²) in [5, 5.41) is 9.04. The third-order valence-electron chi connectivity index (χ3n) is 3.16. The molecule has 4 heteroatoms. The Bertz CT molecular complexity index is 420. The van der Waals surface area contributed by atoms with E-state index in [0.717, 1.165) is 5.56 Å². The second kappa shape index (κ2) is 4.75. The lowest BCUT2D eigenvalue weighted by molar-refractivity contribution is 0.172. The van der Waals surface area contributed by atoms with Crippen LogP contribution in [0.25, 0.3) is 0 Å². The first kappa shape index (κ1) is 11.9. The number of hydrogen-bond donors (Lipinski definition) is 1. The highest BCUT2D eigenvalue weighted by molar-refractivity contribution is 5.77. The number of β-amino-alcohol motifs (C(OH)–C–C–N with tert-alkyl or cyclic N) is 1. The van der Waals surface area contributed by atoms with Crippen LogP contribution in [-0.4, -0.2) is 47.7 Å². The first-order chi connectivity index (χ1) is 8.13. The van der Waals surface area contributed by atoms with Gasteiger partial charge in [-0.1, -0.05) is 29.8 Å². The topological polar surface area (TPSA) is 43.8 Å². The molecule has 0 radical (unpaired) electrons. The molecule has 0 bridgehead atoms. The number of rotatable bonds is 3. The summed E-state index contributed by atoms with van der Waals surface area (Å²) in [7, 11) is 1.79. The minimum absolute atomic E-state index is 0.00188. The Morgan fingerprint density at radius 3 is 2.88 bits per heavy atom. The quantitative estimate of drug-likeness (QED) is 0.859. The van der Waals surface area contributed by atoms with Gasteiger partial charge in [0.1, 0.15) is 0 Å². The summed E-state index contributed by atoms with van der Waals surface area (Å²) in [6.07, 6.45) is 0. The van der Waals surface area contributed by atoms with E-state index in [9.17, 15) is 4.79 Å². The van der Waals surface area contributed by atoms with Gasteiger partial charge in [-0.3, -0.25) is 0 Å². The fourth-order valence-corrected chi connectivity index (χ4v) is 2.31. The molecule has 1 atom stereocenters. The normalized spacial score (nSPS) is 20.2. The van der Waals surface area contributed by atoms with E-state index in [2.05, 4.69) is 6.07 Å². The Hall–Kier alpha value is -1.55. The Morgan fingerprint density at radius 1 is 1.47 bits per heavy atom. The lowest BCUT2D eigenvalue weighted by Crippen LogP contribution is -2.33. The predicted octanol–water partition coefficient (Wildman–Crippen LogP) is 1.40. The molecule has 1 aliphatic rings. The number of carbonyl (C=O) groups excluding carboxylic acids is 1. The number of nitrogens with zero attached hydrogens (tertiary/aromatic N) is 2. The molecular formula is C13H18N2O2. The molecule has 1 aromatic rings. The molecule has 1 aliphatic heterocycles. The largest absolute Gasteiger partial charge is 0.395 e. The van der Waals surface area contributed by atoms with Crippen molar-refractivity contribution in [1.29, 1.82) is 0 Å². The van der Waals surface area contributed by atoms with E-state index in [1.165, 1.54) is 5.56 Å². The van der Waals surface area contributed by atoms with Crippen LogP contribution in [-0.2, 0) is 0 Å². The van der Waals surface area contributed by atoms with Crippen LogP contribution in [0.15, 0.2) is 24.3 Å². The number of benzene rings is 1. The molecular weight excluding hydrogens is 216 g/mol. The number of likely N-dealkylation sites (N-methyl/N-ethyl adjacent to an activating group) is 1. The summed E-state index contributed by atoms with van der Waals surface area (Å²) >= 11 is 0. The van der Waals surface area contributed by atoms with Gasteiger partial charge in [0.2, 0.25) is 0 Å². The Balaban J connectivity index is 2.27. The Kier molecular flexibility index (Phi) is 3.33.